The highest BCUT2D eigenvalue weighted by Gasteiger charge is 2.27. The Bertz CT molecular complexity index is 1380. The minimum atomic E-state index is -0.790. The summed E-state index contributed by atoms with van der Waals surface area (Å²) in [5.41, 5.74) is 0.0747. The normalized spacial score (nSPS) is 13.6. The van der Waals surface area contributed by atoms with Gasteiger partial charge in [0.05, 0.1) is 12.2 Å². The van der Waals surface area contributed by atoms with Crippen LogP contribution < -0.4 is 26.3 Å². The molecule has 0 unspecified atom stereocenters. The second-order valence-corrected chi connectivity index (χ2v) is 7.62. The molecule has 172 valence electrons. The summed E-state index contributed by atoms with van der Waals surface area (Å²) in [5, 5.41) is 3.29. The minimum Gasteiger partial charge on any atom is -0.340 e. The fourth-order valence-electron chi connectivity index (χ4n) is 4.02. The number of fused-ring (bicyclic) bond motifs is 1. The molecule has 0 bridgehead atoms. The number of aromatic nitrogens is 4. The van der Waals surface area contributed by atoms with Gasteiger partial charge >= 0.3 is 11.7 Å². The number of nitrogens with one attached hydrogen (secondary N) is 1. The monoisotopic (exact) mass is 450 g/mol. The number of benzene rings is 1. The van der Waals surface area contributed by atoms with Crippen LogP contribution >= 0.6 is 0 Å². The van der Waals surface area contributed by atoms with Crippen molar-refractivity contribution in [2.45, 2.75) is 33.7 Å². The average Bonchev–Trinajstić information content (AvgIpc) is 3.21. The van der Waals surface area contributed by atoms with Crippen molar-refractivity contribution < 1.29 is 9.63 Å². The molecular weight excluding hydrogens is 424 g/mol. The van der Waals surface area contributed by atoms with Crippen LogP contribution in [0.15, 0.2) is 33.9 Å². The van der Waals surface area contributed by atoms with Crippen molar-refractivity contribution in [2.75, 3.05) is 31.1 Å². The smallest absolute Gasteiger partial charge is 0.340 e. The molecule has 2 aromatic heterocycles. The van der Waals surface area contributed by atoms with E-state index < -0.39 is 17.2 Å². The lowest BCUT2D eigenvalue weighted by atomic mass is 10.1. The first-order valence-electron chi connectivity index (χ1n) is 10.9. The molecule has 1 aliphatic rings. The van der Waals surface area contributed by atoms with Crippen LogP contribution in [0.1, 0.15) is 26.3 Å². The number of carbonyl (C=O) groups is 1. The molecule has 1 N–H and O–H groups in total. The van der Waals surface area contributed by atoms with Gasteiger partial charge in [-0.1, -0.05) is 35.8 Å². The summed E-state index contributed by atoms with van der Waals surface area (Å²) in [4.78, 5) is 51.1. The van der Waals surface area contributed by atoms with Gasteiger partial charge < -0.3 is 15.1 Å². The second-order valence-electron chi connectivity index (χ2n) is 7.62. The van der Waals surface area contributed by atoms with Crippen molar-refractivity contribution in [3.8, 4) is 17.5 Å². The molecule has 0 radical (unpaired) electrons. The maximum atomic E-state index is 13.8. The highest BCUT2D eigenvalue weighted by Crippen LogP contribution is 2.21. The van der Waals surface area contributed by atoms with Crippen molar-refractivity contribution in [1.82, 2.24) is 24.2 Å². The Kier molecular flexibility index (Phi) is 6.33. The Labute approximate surface area is 190 Å². The SMILES string of the molecule is CC#CCn1c(N2CCNCC2)nc2c1c(=O)n(-c1ccccc1CC)c(=O)n2OC(C)=O. The van der Waals surface area contributed by atoms with E-state index in [1.54, 1.807) is 23.6 Å². The lowest BCUT2D eigenvalue weighted by Crippen LogP contribution is -2.44. The van der Waals surface area contributed by atoms with E-state index in [-0.39, 0.29) is 17.7 Å². The zero-order chi connectivity index (χ0) is 23.5. The summed E-state index contributed by atoms with van der Waals surface area (Å²) < 4.78 is 3.56. The van der Waals surface area contributed by atoms with E-state index in [4.69, 9.17) is 4.84 Å². The van der Waals surface area contributed by atoms with Crippen LogP contribution in [0.5, 0.6) is 0 Å². The van der Waals surface area contributed by atoms with Crippen LogP contribution in [0.3, 0.4) is 0 Å². The van der Waals surface area contributed by atoms with Crippen LogP contribution in [0, 0.1) is 11.8 Å². The first-order chi connectivity index (χ1) is 16.0. The maximum absolute atomic E-state index is 13.8. The van der Waals surface area contributed by atoms with Crippen LogP contribution in [0.4, 0.5) is 5.95 Å². The minimum absolute atomic E-state index is 0.00290. The predicted molar refractivity (Wildman–Crippen MR) is 125 cm³/mol. The molecule has 1 aliphatic heterocycles. The summed E-state index contributed by atoms with van der Waals surface area (Å²) in [6.07, 6.45) is 0.611. The van der Waals surface area contributed by atoms with Crippen molar-refractivity contribution in [3.63, 3.8) is 0 Å². The Hall–Kier alpha value is -3.84. The molecule has 10 heteroatoms. The third-order valence-electron chi connectivity index (χ3n) is 5.54. The second kappa shape index (κ2) is 9.34. The van der Waals surface area contributed by atoms with Gasteiger partial charge in [-0.2, -0.15) is 4.98 Å². The van der Waals surface area contributed by atoms with Crippen LogP contribution in [0.2, 0.25) is 0 Å². The number of rotatable bonds is 5. The molecule has 4 rings (SSSR count). The average molecular weight is 450 g/mol. The molecule has 33 heavy (non-hydrogen) atoms. The van der Waals surface area contributed by atoms with E-state index in [0.29, 0.717) is 31.1 Å². The summed E-state index contributed by atoms with van der Waals surface area (Å²) in [6, 6.07) is 7.16. The van der Waals surface area contributed by atoms with Gasteiger partial charge in [0.2, 0.25) is 11.6 Å². The first-order valence-corrected chi connectivity index (χ1v) is 10.9. The summed E-state index contributed by atoms with van der Waals surface area (Å²) in [6.45, 7) is 7.92. The number of anilines is 1. The molecule has 1 aromatic carbocycles. The standard InChI is InChI=1S/C23H26N6O4/c1-4-6-13-27-19-20(25-22(27)26-14-11-24-12-15-26)29(33-16(3)30)23(32)28(21(19)31)18-10-8-7-9-17(18)5-2/h7-10,24H,5,11-15H2,1-3H3. The number of nitrogens with zero attached hydrogens (tertiary/aromatic N) is 5. The van der Waals surface area contributed by atoms with Crippen LogP contribution in [-0.4, -0.2) is 51.0 Å². The zero-order valence-electron chi connectivity index (χ0n) is 18.9. The predicted octanol–water partition coefficient (Wildman–Crippen LogP) is 0.319. The molecule has 1 saturated heterocycles. The molecule has 10 nitrogen and oxygen atoms in total. The Morgan fingerprint density at radius 2 is 1.94 bits per heavy atom. The van der Waals surface area contributed by atoms with E-state index in [9.17, 15) is 14.4 Å². The molecule has 0 saturated carbocycles. The molecule has 0 spiro atoms. The molecule has 0 aliphatic carbocycles. The number of imidazole rings is 1. The Morgan fingerprint density at radius 3 is 2.61 bits per heavy atom. The van der Waals surface area contributed by atoms with Crippen LogP contribution in [-0.2, 0) is 17.8 Å². The van der Waals surface area contributed by atoms with Crippen molar-refractivity contribution >= 4 is 23.1 Å². The van der Waals surface area contributed by atoms with Gasteiger partial charge in [0, 0.05) is 33.1 Å². The highest BCUT2D eigenvalue weighted by molar-refractivity contribution is 5.76. The number of carbonyl (C=O) groups excluding carboxylic acids is 1. The van der Waals surface area contributed by atoms with Gasteiger partial charge in [-0.15, -0.1) is 5.92 Å². The Balaban J connectivity index is 2.12. The van der Waals surface area contributed by atoms with E-state index in [0.717, 1.165) is 28.0 Å². The summed E-state index contributed by atoms with van der Waals surface area (Å²) >= 11 is 0. The lowest BCUT2D eigenvalue weighted by Gasteiger charge is -2.28. The molecule has 3 aromatic rings. The van der Waals surface area contributed by atoms with Gasteiger partial charge in [0.25, 0.3) is 5.56 Å². The number of para-hydroxylation sites is 1. The summed E-state index contributed by atoms with van der Waals surface area (Å²) in [7, 11) is 0. The quantitative estimate of drug-likeness (QED) is 0.559. The number of hydrogen-bond donors (Lipinski definition) is 1. The fraction of sp³-hybridized carbons (Fsp3) is 0.391. The topological polar surface area (TPSA) is 103 Å². The maximum Gasteiger partial charge on any atom is 0.371 e. The largest absolute Gasteiger partial charge is 0.371 e. The molecule has 0 amide bonds. The highest BCUT2D eigenvalue weighted by atomic mass is 16.7. The van der Waals surface area contributed by atoms with Crippen LogP contribution in [0.25, 0.3) is 16.9 Å². The zero-order valence-corrected chi connectivity index (χ0v) is 18.9. The molecule has 1 fully saturated rings. The third kappa shape index (κ3) is 4.03. The van der Waals surface area contributed by atoms with Gasteiger partial charge in [0.1, 0.15) is 0 Å². The fourth-order valence-corrected chi connectivity index (χ4v) is 4.02. The van der Waals surface area contributed by atoms with Crippen molar-refractivity contribution in [2.24, 2.45) is 0 Å². The molecule has 0 atom stereocenters. The number of aryl methyl sites for hydroxylation is 1. The molecule has 3 heterocycles. The van der Waals surface area contributed by atoms with E-state index in [1.807, 2.05) is 24.0 Å². The van der Waals surface area contributed by atoms with E-state index >= 15 is 0 Å². The van der Waals surface area contributed by atoms with Gasteiger partial charge in [0.15, 0.2) is 5.52 Å². The Morgan fingerprint density at radius 1 is 1.21 bits per heavy atom. The molecular formula is C23H26N6O4. The van der Waals surface area contributed by atoms with Gasteiger partial charge in [-0.05, 0) is 25.0 Å². The van der Waals surface area contributed by atoms with Crippen molar-refractivity contribution in [3.05, 3.63) is 50.7 Å². The number of hydrogen-bond acceptors (Lipinski definition) is 7. The van der Waals surface area contributed by atoms with Gasteiger partial charge in [-0.25, -0.2) is 14.2 Å². The lowest BCUT2D eigenvalue weighted by molar-refractivity contribution is -0.141. The summed E-state index contributed by atoms with van der Waals surface area (Å²) in [5.74, 6) is 5.66. The van der Waals surface area contributed by atoms with E-state index in [2.05, 4.69) is 22.1 Å². The van der Waals surface area contributed by atoms with Crippen molar-refractivity contribution in [1.29, 1.82) is 0 Å². The number of piperazine rings is 1. The third-order valence-corrected chi connectivity index (χ3v) is 5.54. The first kappa shape index (κ1) is 22.4. The van der Waals surface area contributed by atoms with Gasteiger partial charge in [-0.3, -0.25) is 9.36 Å². The van der Waals surface area contributed by atoms with E-state index in [1.165, 1.54) is 6.92 Å².